The molecule has 0 heterocycles. The number of urea groups is 1. The van der Waals surface area contributed by atoms with Gasteiger partial charge in [-0.1, -0.05) is 40.5 Å². The minimum atomic E-state index is -0.845. The van der Waals surface area contributed by atoms with E-state index in [4.69, 9.17) is 5.11 Å². The van der Waals surface area contributed by atoms with E-state index in [9.17, 15) is 9.59 Å². The fourth-order valence-corrected chi connectivity index (χ4v) is 3.03. The van der Waals surface area contributed by atoms with Crippen LogP contribution in [0.15, 0.2) is 0 Å². The third-order valence-electron chi connectivity index (χ3n) is 4.43. The van der Waals surface area contributed by atoms with E-state index in [-0.39, 0.29) is 24.0 Å². The van der Waals surface area contributed by atoms with Crippen molar-refractivity contribution in [1.29, 1.82) is 0 Å². The first-order valence-electron chi connectivity index (χ1n) is 7.99. The Morgan fingerprint density at radius 1 is 1.29 bits per heavy atom. The van der Waals surface area contributed by atoms with E-state index in [1.54, 1.807) is 0 Å². The molecular weight excluding hydrogens is 268 g/mol. The van der Waals surface area contributed by atoms with Crippen molar-refractivity contribution in [3.8, 4) is 0 Å². The molecule has 5 heteroatoms. The number of carbonyl (C=O) groups is 2. The lowest BCUT2D eigenvalue weighted by molar-refractivity contribution is -0.142. The van der Waals surface area contributed by atoms with Crippen LogP contribution in [0, 0.1) is 17.3 Å². The molecule has 0 radical (unpaired) electrons. The molecule has 5 nitrogen and oxygen atoms in total. The van der Waals surface area contributed by atoms with Crippen molar-refractivity contribution < 1.29 is 14.7 Å². The number of carboxylic acid groups (broad SMARTS) is 1. The third kappa shape index (κ3) is 5.94. The van der Waals surface area contributed by atoms with Gasteiger partial charge >= 0.3 is 12.0 Å². The summed E-state index contributed by atoms with van der Waals surface area (Å²) in [6.45, 7) is 8.51. The minimum Gasteiger partial charge on any atom is -0.481 e. The third-order valence-corrected chi connectivity index (χ3v) is 4.43. The molecule has 1 rings (SSSR count). The highest BCUT2D eigenvalue weighted by Gasteiger charge is 2.33. The summed E-state index contributed by atoms with van der Waals surface area (Å²) in [5.41, 5.74) is 0.111. The second-order valence-corrected chi connectivity index (χ2v) is 7.31. The van der Waals surface area contributed by atoms with Crippen molar-refractivity contribution in [1.82, 2.24) is 10.6 Å². The Labute approximate surface area is 127 Å². The first-order chi connectivity index (χ1) is 9.72. The molecule has 2 atom stereocenters. The molecule has 1 aliphatic rings. The van der Waals surface area contributed by atoms with E-state index in [2.05, 4.69) is 24.5 Å². The normalized spacial score (nSPS) is 22.6. The van der Waals surface area contributed by atoms with Crippen molar-refractivity contribution in [2.45, 2.75) is 65.8 Å². The van der Waals surface area contributed by atoms with Gasteiger partial charge in [-0.05, 0) is 30.6 Å². The van der Waals surface area contributed by atoms with Crippen LogP contribution < -0.4 is 10.6 Å². The highest BCUT2D eigenvalue weighted by molar-refractivity contribution is 5.76. The fraction of sp³-hybridized carbons (Fsp3) is 0.875. The Morgan fingerprint density at radius 3 is 2.48 bits per heavy atom. The van der Waals surface area contributed by atoms with Gasteiger partial charge in [0.2, 0.25) is 0 Å². The molecule has 0 spiro atoms. The van der Waals surface area contributed by atoms with Gasteiger partial charge in [0, 0.05) is 12.6 Å². The highest BCUT2D eigenvalue weighted by Crippen LogP contribution is 2.35. The van der Waals surface area contributed by atoms with E-state index in [0.29, 0.717) is 12.3 Å². The van der Waals surface area contributed by atoms with Gasteiger partial charge in [0.1, 0.15) is 0 Å². The summed E-state index contributed by atoms with van der Waals surface area (Å²) in [5.74, 6) is -1.06. The summed E-state index contributed by atoms with van der Waals surface area (Å²) >= 11 is 0. The van der Waals surface area contributed by atoms with Crippen LogP contribution in [0.1, 0.15) is 59.8 Å². The zero-order chi connectivity index (χ0) is 16.0. The smallest absolute Gasteiger partial charge is 0.315 e. The molecule has 1 fully saturated rings. The quantitative estimate of drug-likeness (QED) is 0.705. The van der Waals surface area contributed by atoms with Crippen LogP contribution in [0.3, 0.4) is 0 Å². The molecule has 2 amide bonds. The molecule has 2 unspecified atom stereocenters. The first kappa shape index (κ1) is 17.8. The molecule has 122 valence electrons. The molecule has 0 bridgehead atoms. The molecule has 0 aliphatic heterocycles. The molecule has 0 aromatic rings. The van der Waals surface area contributed by atoms with E-state index >= 15 is 0 Å². The topological polar surface area (TPSA) is 78.4 Å². The molecule has 0 aromatic carbocycles. The van der Waals surface area contributed by atoms with Gasteiger partial charge in [0.05, 0.1) is 5.92 Å². The lowest BCUT2D eigenvalue weighted by Gasteiger charge is -2.39. The lowest BCUT2D eigenvalue weighted by atomic mass is 9.73. The monoisotopic (exact) mass is 298 g/mol. The van der Waals surface area contributed by atoms with E-state index < -0.39 is 11.9 Å². The summed E-state index contributed by atoms with van der Waals surface area (Å²) in [4.78, 5) is 23.2. The lowest BCUT2D eigenvalue weighted by Crippen LogP contribution is -2.51. The zero-order valence-electron chi connectivity index (χ0n) is 13.7. The van der Waals surface area contributed by atoms with Gasteiger partial charge in [0.25, 0.3) is 0 Å². The number of hydrogen-bond donors (Lipinski definition) is 3. The molecule has 3 N–H and O–H groups in total. The maximum Gasteiger partial charge on any atom is 0.315 e. The van der Waals surface area contributed by atoms with E-state index in [0.717, 1.165) is 19.3 Å². The average molecular weight is 298 g/mol. The highest BCUT2D eigenvalue weighted by atomic mass is 16.4. The zero-order valence-corrected chi connectivity index (χ0v) is 13.7. The van der Waals surface area contributed by atoms with Crippen LogP contribution >= 0.6 is 0 Å². The Morgan fingerprint density at radius 2 is 1.95 bits per heavy atom. The fourth-order valence-electron chi connectivity index (χ4n) is 3.03. The molecule has 0 saturated heterocycles. The second kappa shape index (κ2) is 7.66. The summed E-state index contributed by atoms with van der Waals surface area (Å²) in [7, 11) is 0. The van der Waals surface area contributed by atoms with Crippen LogP contribution in [0.25, 0.3) is 0 Å². The predicted octanol–water partition coefficient (Wildman–Crippen LogP) is 3.00. The van der Waals surface area contributed by atoms with Gasteiger partial charge in [-0.2, -0.15) is 0 Å². The van der Waals surface area contributed by atoms with Gasteiger partial charge < -0.3 is 15.7 Å². The van der Waals surface area contributed by atoms with Crippen molar-refractivity contribution in [3.05, 3.63) is 0 Å². The Kier molecular flexibility index (Phi) is 6.49. The van der Waals surface area contributed by atoms with Crippen LogP contribution in [-0.2, 0) is 4.79 Å². The van der Waals surface area contributed by atoms with E-state index in [1.165, 1.54) is 6.42 Å². The predicted molar refractivity (Wildman–Crippen MR) is 83.2 cm³/mol. The average Bonchev–Trinajstić information content (AvgIpc) is 2.36. The van der Waals surface area contributed by atoms with Crippen molar-refractivity contribution in [2.75, 3.05) is 6.54 Å². The van der Waals surface area contributed by atoms with Crippen molar-refractivity contribution >= 4 is 12.0 Å². The molecule has 1 aliphatic carbocycles. The number of rotatable bonds is 6. The molecule has 21 heavy (non-hydrogen) atoms. The Bertz CT molecular complexity index is 367. The number of carbonyl (C=O) groups excluding carboxylic acids is 1. The SMILES string of the molecule is CC(C)CC(CNC(=O)NC1CCCCC1(C)C)C(=O)O. The summed E-state index contributed by atoms with van der Waals surface area (Å²) in [5, 5.41) is 14.9. The Hall–Kier alpha value is -1.26. The second-order valence-electron chi connectivity index (χ2n) is 7.31. The summed E-state index contributed by atoms with van der Waals surface area (Å²) in [6.07, 6.45) is 5.03. The molecule has 1 saturated carbocycles. The van der Waals surface area contributed by atoms with Crippen LogP contribution in [0.4, 0.5) is 4.79 Å². The van der Waals surface area contributed by atoms with Gasteiger partial charge in [-0.3, -0.25) is 4.79 Å². The van der Waals surface area contributed by atoms with Crippen LogP contribution in [0.2, 0.25) is 0 Å². The maximum atomic E-state index is 12.0. The van der Waals surface area contributed by atoms with Gasteiger partial charge in [0.15, 0.2) is 0 Å². The van der Waals surface area contributed by atoms with Gasteiger partial charge in [-0.25, -0.2) is 4.79 Å². The maximum absolute atomic E-state index is 12.0. The largest absolute Gasteiger partial charge is 0.481 e. The summed E-state index contributed by atoms with van der Waals surface area (Å²) < 4.78 is 0. The number of hydrogen-bond acceptors (Lipinski definition) is 2. The van der Waals surface area contributed by atoms with E-state index in [1.807, 2.05) is 13.8 Å². The standard InChI is InChI=1S/C16H30N2O3/c1-11(2)9-12(14(19)20)10-17-15(21)18-13-7-5-6-8-16(13,3)4/h11-13H,5-10H2,1-4H3,(H,19,20)(H2,17,18,21). The van der Waals surface area contributed by atoms with Crippen LogP contribution in [0.5, 0.6) is 0 Å². The van der Waals surface area contributed by atoms with Crippen LogP contribution in [-0.4, -0.2) is 29.7 Å². The minimum absolute atomic E-state index is 0.111. The molecule has 0 aromatic heterocycles. The number of amides is 2. The molecular formula is C16H30N2O3. The first-order valence-corrected chi connectivity index (χ1v) is 7.99. The van der Waals surface area contributed by atoms with Crippen molar-refractivity contribution in [3.63, 3.8) is 0 Å². The number of aliphatic carboxylic acids is 1. The number of nitrogens with one attached hydrogen (secondary N) is 2. The Balaban J connectivity index is 2.43. The number of carboxylic acids is 1. The summed E-state index contributed by atoms with van der Waals surface area (Å²) in [6, 6.07) is -0.0791. The van der Waals surface area contributed by atoms with Gasteiger partial charge in [-0.15, -0.1) is 0 Å². The van der Waals surface area contributed by atoms with Crippen molar-refractivity contribution in [2.24, 2.45) is 17.3 Å².